The number of nitrogens with zero attached hydrogens (tertiary/aromatic N) is 1. The molecule has 37 heavy (non-hydrogen) atoms. The predicted octanol–water partition coefficient (Wildman–Crippen LogP) is 6.29. The average Bonchev–Trinajstić information content (AvgIpc) is 3.37. The lowest BCUT2D eigenvalue weighted by molar-refractivity contribution is -0.296. The van der Waals surface area contributed by atoms with E-state index in [1.807, 2.05) is 18.2 Å². The zero-order chi connectivity index (χ0) is 26.4. The van der Waals surface area contributed by atoms with Crippen molar-refractivity contribution in [1.82, 2.24) is 10.4 Å². The summed E-state index contributed by atoms with van der Waals surface area (Å²) in [6.07, 6.45) is -4.70. The number of amides is 2. The van der Waals surface area contributed by atoms with Gasteiger partial charge in [0.15, 0.2) is 0 Å². The molecule has 0 radical (unpaired) electrons. The highest BCUT2D eigenvalue weighted by atomic mass is 19.3. The molecule has 192 valence electrons. The first kappa shape index (κ1) is 24.3. The molecule has 0 spiro atoms. The van der Waals surface area contributed by atoms with E-state index < -0.39 is 36.0 Å². The molecule has 0 fully saturated rings. The van der Waals surface area contributed by atoms with Crippen molar-refractivity contribution >= 4 is 23.0 Å². The number of alkyl halides is 6. The second-order valence-electron chi connectivity index (χ2n) is 8.15. The average molecular weight is 521 g/mol. The molecule has 0 aliphatic carbocycles. The van der Waals surface area contributed by atoms with E-state index in [4.69, 9.17) is 0 Å². The number of benzene rings is 3. The number of carbonyl (C=O) groups is 1. The number of hydrogen-bond acceptors (Lipinski definition) is 4. The highest BCUT2D eigenvalue weighted by molar-refractivity contribution is 5.98. The molecule has 12 heteroatoms. The van der Waals surface area contributed by atoms with Crippen molar-refractivity contribution in [2.75, 3.05) is 11.9 Å². The van der Waals surface area contributed by atoms with Gasteiger partial charge in [-0.3, -0.25) is 5.43 Å². The van der Waals surface area contributed by atoms with Crippen LogP contribution in [0.25, 0.3) is 11.3 Å². The fourth-order valence-corrected chi connectivity index (χ4v) is 4.01. The van der Waals surface area contributed by atoms with Crippen molar-refractivity contribution in [3.05, 3.63) is 89.5 Å². The Morgan fingerprint density at radius 1 is 0.973 bits per heavy atom. The third kappa shape index (κ3) is 4.50. The number of hydrogen-bond donors (Lipinski definition) is 2. The number of hydrazine groups is 1. The first-order valence-electron chi connectivity index (χ1n) is 10.8. The zero-order valence-electron chi connectivity index (χ0n) is 18.7. The van der Waals surface area contributed by atoms with Crippen LogP contribution in [0.15, 0.2) is 72.8 Å². The molecular weight excluding hydrogens is 504 g/mol. The van der Waals surface area contributed by atoms with E-state index >= 15 is 0 Å². The molecule has 3 aromatic rings. The predicted molar refractivity (Wildman–Crippen MR) is 121 cm³/mol. The smallest absolute Gasteiger partial charge is 0.435 e. The van der Waals surface area contributed by atoms with Crippen molar-refractivity contribution in [1.29, 1.82) is 0 Å². The number of fused-ring (bicyclic) bond motifs is 1. The Bertz CT molecular complexity index is 1360. The number of urea groups is 1. The molecule has 0 aromatic heterocycles. The fourth-order valence-electron chi connectivity index (χ4n) is 4.01. The Kier molecular flexibility index (Phi) is 5.89. The molecular formula is C25H17F6N3O3. The Hall–Kier alpha value is -4.35. The van der Waals surface area contributed by atoms with Gasteiger partial charge in [-0.15, -0.1) is 0 Å². The third-order valence-corrected chi connectivity index (χ3v) is 5.77. The lowest BCUT2D eigenvalue weighted by Gasteiger charge is -2.19. The summed E-state index contributed by atoms with van der Waals surface area (Å²) in [5, 5.41) is 3.58. The quantitative estimate of drug-likeness (QED) is 0.388. The summed E-state index contributed by atoms with van der Waals surface area (Å²) in [6, 6.07) is 16.9. The highest BCUT2D eigenvalue weighted by Crippen LogP contribution is 2.53. The number of rotatable bonds is 5. The van der Waals surface area contributed by atoms with Gasteiger partial charge in [0.2, 0.25) is 0 Å². The minimum absolute atomic E-state index is 0.0444. The minimum atomic E-state index is -4.70. The minimum Gasteiger partial charge on any atom is -0.435 e. The van der Waals surface area contributed by atoms with Crippen LogP contribution in [0.4, 0.5) is 36.8 Å². The number of ether oxygens (including phenoxy) is 2. The normalized spacial score (nSPS) is 17.3. The van der Waals surface area contributed by atoms with Crippen molar-refractivity contribution in [3.63, 3.8) is 0 Å². The Labute approximate surface area is 206 Å². The molecule has 2 N–H and O–H groups in total. The summed E-state index contributed by atoms with van der Waals surface area (Å²) in [5.41, 5.74) is 4.27. The fraction of sp³-hybridized carbons (Fsp3) is 0.160. The van der Waals surface area contributed by atoms with Gasteiger partial charge in [0.05, 0.1) is 17.8 Å². The van der Waals surface area contributed by atoms with E-state index in [1.165, 1.54) is 30.3 Å². The lowest BCUT2D eigenvalue weighted by atomic mass is 10.0. The largest absolute Gasteiger partial charge is 0.469 e. The molecule has 0 bridgehead atoms. The summed E-state index contributed by atoms with van der Waals surface area (Å²) in [4.78, 5) is 13.0. The van der Waals surface area contributed by atoms with Gasteiger partial charge in [-0.25, -0.2) is 9.80 Å². The van der Waals surface area contributed by atoms with Gasteiger partial charge in [-0.1, -0.05) is 30.3 Å². The number of anilines is 1. The van der Waals surface area contributed by atoms with Crippen molar-refractivity contribution < 1.29 is 40.6 Å². The molecule has 0 saturated heterocycles. The Morgan fingerprint density at radius 3 is 2.35 bits per heavy atom. The topological polar surface area (TPSA) is 62.8 Å². The lowest BCUT2D eigenvalue weighted by Crippen LogP contribution is -2.40. The molecule has 2 aliphatic heterocycles. The molecule has 5 rings (SSSR count). The van der Waals surface area contributed by atoms with E-state index in [0.29, 0.717) is 16.8 Å². The first-order valence-corrected chi connectivity index (χ1v) is 10.8. The van der Waals surface area contributed by atoms with Gasteiger partial charge in [0.25, 0.3) is 0 Å². The molecule has 2 heterocycles. The van der Waals surface area contributed by atoms with Crippen LogP contribution in [0.2, 0.25) is 0 Å². The zero-order valence-corrected chi connectivity index (χ0v) is 18.7. The van der Waals surface area contributed by atoms with Crippen LogP contribution in [0, 0.1) is 0 Å². The van der Waals surface area contributed by atoms with Crippen LogP contribution in [0.3, 0.4) is 0 Å². The Balaban J connectivity index is 1.38. The van der Waals surface area contributed by atoms with E-state index in [1.54, 1.807) is 12.1 Å². The van der Waals surface area contributed by atoms with Gasteiger partial charge in [-0.05, 0) is 48.0 Å². The maximum absolute atomic E-state index is 14.0. The summed E-state index contributed by atoms with van der Waals surface area (Å²) in [5.74, 6) is -5.29. The Morgan fingerprint density at radius 2 is 1.68 bits per heavy atom. The molecule has 3 aromatic carbocycles. The van der Waals surface area contributed by atoms with Gasteiger partial charge in [-0.2, -0.15) is 26.3 Å². The van der Waals surface area contributed by atoms with Crippen LogP contribution in [0.5, 0.6) is 11.5 Å². The maximum Gasteiger partial charge on any atom is 0.469 e. The molecule has 6 nitrogen and oxygen atoms in total. The molecule has 0 saturated carbocycles. The molecule has 2 amide bonds. The van der Waals surface area contributed by atoms with E-state index in [0.717, 1.165) is 22.7 Å². The van der Waals surface area contributed by atoms with Gasteiger partial charge in [0.1, 0.15) is 11.5 Å². The molecule has 0 unspecified atom stereocenters. The van der Waals surface area contributed by atoms with Crippen molar-refractivity contribution in [2.45, 2.75) is 18.6 Å². The van der Waals surface area contributed by atoms with Gasteiger partial charge >= 0.3 is 24.7 Å². The standard InChI is InChI=1S/C25H17F6N3O3/c26-22(27)36-17-9-6-15(7-10-17)21-18(14-4-2-1-3-5-14)13-34(33-21)23(35)32-16-8-11-20-19(12-16)24(28,29)25(30,31)37-20/h1-12,22,33H,13H2,(H,32,35). The van der Waals surface area contributed by atoms with E-state index in [9.17, 15) is 31.1 Å². The maximum atomic E-state index is 14.0. The number of halogens is 6. The molecule has 2 aliphatic rings. The molecule has 0 atom stereocenters. The van der Waals surface area contributed by atoms with E-state index in [-0.39, 0.29) is 18.0 Å². The monoisotopic (exact) mass is 521 g/mol. The number of carbonyl (C=O) groups excluding carboxylic acids is 1. The summed E-state index contributed by atoms with van der Waals surface area (Å²) >= 11 is 0. The number of nitrogens with one attached hydrogen (secondary N) is 2. The van der Waals surface area contributed by atoms with Crippen LogP contribution < -0.4 is 20.2 Å². The van der Waals surface area contributed by atoms with Crippen LogP contribution >= 0.6 is 0 Å². The second kappa shape index (κ2) is 8.95. The summed E-state index contributed by atoms with van der Waals surface area (Å²) < 4.78 is 88.5. The van der Waals surface area contributed by atoms with Gasteiger partial charge in [0, 0.05) is 16.8 Å². The van der Waals surface area contributed by atoms with Crippen LogP contribution in [0.1, 0.15) is 16.7 Å². The highest BCUT2D eigenvalue weighted by Gasteiger charge is 2.66. The van der Waals surface area contributed by atoms with Crippen LogP contribution in [-0.4, -0.2) is 30.3 Å². The SMILES string of the molecule is O=C(Nc1ccc2c(c1)C(F)(F)C(F)(F)O2)N1CC(c2ccccc2)=C(c2ccc(OC(F)F)cc2)N1. The summed E-state index contributed by atoms with van der Waals surface area (Å²) in [6.45, 7) is -2.94. The van der Waals surface area contributed by atoms with E-state index in [2.05, 4.69) is 20.2 Å². The van der Waals surface area contributed by atoms with Crippen LogP contribution in [-0.2, 0) is 5.92 Å². The third-order valence-electron chi connectivity index (χ3n) is 5.77. The van der Waals surface area contributed by atoms with Crippen molar-refractivity contribution in [2.24, 2.45) is 0 Å². The van der Waals surface area contributed by atoms with Crippen molar-refractivity contribution in [3.8, 4) is 11.5 Å². The van der Waals surface area contributed by atoms with Gasteiger partial charge < -0.3 is 14.8 Å². The first-order chi connectivity index (χ1) is 17.5. The second-order valence-corrected chi connectivity index (χ2v) is 8.15. The summed E-state index contributed by atoms with van der Waals surface area (Å²) in [7, 11) is 0.